The summed E-state index contributed by atoms with van der Waals surface area (Å²) in [6.45, 7) is 0. The van der Waals surface area contributed by atoms with E-state index in [1.165, 1.54) is 77.0 Å². The number of hydrogen-bond donors (Lipinski definition) is 8. The van der Waals surface area contributed by atoms with Crippen LogP contribution in [0.4, 0.5) is 0 Å². The second-order valence-corrected chi connectivity index (χ2v) is 18.6. The normalized spacial score (nSPS) is 45.9. The molecule has 2 radical (unpaired) electrons. The Morgan fingerprint density at radius 1 is 0.436 bits per heavy atom. The average Bonchev–Trinajstić information content (AvgIpc) is 3.94. The average molecular weight is 850 g/mol. The summed E-state index contributed by atoms with van der Waals surface area (Å²) in [5, 5.41) is 35.8. The van der Waals surface area contributed by atoms with Gasteiger partial charge in [0.15, 0.2) is 0 Å². The fourth-order valence-corrected chi connectivity index (χ4v) is 13.7. The number of nitrogens with one attached hydrogen (secondary N) is 8. The summed E-state index contributed by atoms with van der Waals surface area (Å²) in [5.41, 5.74) is 0.678. The van der Waals surface area contributed by atoms with Gasteiger partial charge in [0.2, 0.25) is 0 Å². The van der Waals surface area contributed by atoms with Gasteiger partial charge in [-0.25, -0.2) is 4.79 Å². The number of rotatable bonds is 2. The second-order valence-electron chi connectivity index (χ2n) is 18.6. The van der Waals surface area contributed by atoms with Crippen molar-refractivity contribution in [1.82, 2.24) is 42.5 Å². The van der Waals surface area contributed by atoms with Gasteiger partial charge in [0.25, 0.3) is 0 Å². The first kappa shape index (κ1) is 39.4. The van der Waals surface area contributed by atoms with Crippen molar-refractivity contribution in [3.63, 3.8) is 0 Å². The van der Waals surface area contributed by atoms with Crippen LogP contribution in [0.15, 0.2) is 42.5 Å². The van der Waals surface area contributed by atoms with Gasteiger partial charge in [0, 0.05) is 40.1 Å². The summed E-state index contributed by atoms with van der Waals surface area (Å²) in [5.74, 6) is 4.18. The Labute approximate surface area is 348 Å². The molecule has 4 aliphatic carbocycles. The fraction of sp³-hybridized carbons (Fsp3) is 0.744. The van der Waals surface area contributed by atoms with Gasteiger partial charge in [0.1, 0.15) is 6.10 Å². The van der Waals surface area contributed by atoms with Crippen LogP contribution in [0, 0.1) is 47.3 Å². The molecule has 8 bridgehead atoms. The molecule has 4 saturated carbocycles. The van der Waals surface area contributed by atoms with Crippen LogP contribution in [0.1, 0.15) is 107 Å². The Kier molecular flexibility index (Phi) is 11.8. The number of carbonyl (C=O) groups is 1. The number of carbonyl (C=O) groups excluding carboxylic acids is 1. The maximum atomic E-state index is 14.1. The zero-order chi connectivity index (χ0) is 35.0. The van der Waals surface area contributed by atoms with E-state index in [1.54, 1.807) is 0 Å². The number of ether oxygens (including phenoxy) is 1. The van der Waals surface area contributed by atoms with Crippen molar-refractivity contribution in [1.29, 1.82) is 0 Å². The van der Waals surface area contributed by atoms with Crippen LogP contribution in [0.3, 0.4) is 0 Å². The predicted octanol–water partition coefficient (Wildman–Crippen LogP) is 4.59. The smallest absolute Gasteiger partial charge is 0.339 e. The molecule has 5 saturated heterocycles. The van der Waals surface area contributed by atoms with Gasteiger partial charge in [-0.1, -0.05) is 74.9 Å². The minimum Gasteiger partial charge on any atom is -0.458 e. The summed E-state index contributed by atoms with van der Waals surface area (Å²) in [4.78, 5) is 14.1. The quantitative estimate of drug-likeness (QED) is 0.161. The van der Waals surface area contributed by atoms with Crippen molar-refractivity contribution in [2.75, 3.05) is 0 Å². The SMILES string of the molecule is O=C(OC1CCCC2C3NC4NC(NC5NC(NC6NC(NC(N3)C12)C1CCCCC61)C1CCCCC51)C1CCCCC41)c1cccc2ccccc12.[Cu].[Cu]. The first-order chi connectivity index (χ1) is 26.2. The molecule has 17 atom stereocenters. The van der Waals surface area contributed by atoms with Crippen molar-refractivity contribution >= 4 is 16.7 Å². The summed E-state index contributed by atoms with van der Waals surface area (Å²) >= 11 is 0. The van der Waals surface area contributed by atoms with E-state index in [0.29, 0.717) is 71.7 Å². The molecule has 0 aromatic heterocycles. The van der Waals surface area contributed by atoms with E-state index >= 15 is 0 Å². The molecule has 5 heterocycles. The molecule has 10 nitrogen and oxygen atoms in total. The van der Waals surface area contributed by atoms with Crippen molar-refractivity contribution in [2.24, 2.45) is 47.3 Å². The van der Waals surface area contributed by atoms with E-state index in [1.807, 2.05) is 24.3 Å². The van der Waals surface area contributed by atoms with Crippen LogP contribution in [-0.2, 0) is 38.9 Å². The standard InChI is InChI=1S/C43H62N8O2.2Cu/c52-43(31-20-9-12-23-11-1-2-13-24(23)31)53-33-22-10-21-32-34(33)42-50-40-30-19-8-7-18-29(30)38(48-40)46-36-26-15-4-3-14-25(26)35(44-36)45-37-27-16-5-6-17-28(27)39(47-37)49-41(32)51-42;;/h1-2,9,11-13,20,25-30,32-42,44-51H,3-8,10,14-19,21-22H2;;. The number of hydrogen-bond acceptors (Lipinski definition) is 10. The summed E-state index contributed by atoms with van der Waals surface area (Å²) < 4.78 is 6.68. The van der Waals surface area contributed by atoms with Gasteiger partial charge in [-0.15, -0.1) is 0 Å². The number of fused-ring (bicyclic) bond motifs is 21. The predicted molar refractivity (Wildman–Crippen MR) is 206 cm³/mol. The second kappa shape index (κ2) is 16.5. The fourth-order valence-electron chi connectivity index (χ4n) is 13.7. The molecule has 17 unspecified atom stereocenters. The van der Waals surface area contributed by atoms with E-state index in [0.717, 1.165) is 30.0 Å². The van der Waals surface area contributed by atoms with Gasteiger partial charge in [-0.2, -0.15) is 0 Å². The van der Waals surface area contributed by atoms with Gasteiger partial charge in [-0.05, 0) is 116 Å². The maximum absolute atomic E-state index is 14.1. The van der Waals surface area contributed by atoms with Gasteiger partial charge in [0.05, 0.1) is 54.9 Å². The molecule has 0 spiro atoms. The van der Waals surface area contributed by atoms with Gasteiger partial charge < -0.3 is 4.74 Å². The van der Waals surface area contributed by atoms with Crippen LogP contribution in [-0.4, -0.2) is 61.4 Å². The van der Waals surface area contributed by atoms with Crippen molar-refractivity contribution in [2.45, 2.75) is 152 Å². The Morgan fingerprint density at radius 3 is 1.29 bits per heavy atom. The minimum atomic E-state index is -0.184. The van der Waals surface area contributed by atoms with Crippen molar-refractivity contribution < 1.29 is 43.7 Å². The third-order valence-corrected chi connectivity index (χ3v) is 16.1. The largest absolute Gasteiger partial charge is 0.458 e. The molecular weight excluding hydrogens is 788 g/mol. The number of esters is 1. The van der Waals surface area contributed by atoms with Crippen LogP contribution >= 0.6 is 0 Å². The third kappa shape index (κ3) is 7.10. The molecule has 55 heavy (non-hydrogen) atoms. The molecule has 2 aromatic carbocycles. The first-order valence-corrected chi connectivity index (χ1v) is 21.9. The molecule has 11 rings (SSSR count). The van der Waals surface area contributed by atoms with Gasteiger partial charge in [-0.3, -0.25) is 42.5 Å². The molecule has 308 valence electrons. The van der Waals surface area contributed by atoms with E-state index in [-0.39, 0.29) is 76.8 Å². The Bertz CT molecular complexity index is 1660. The number of benzene rings is 2. The Balaban J connectivity index is 0.00000198. The monoisotopic (exact) mass is 848 g/mol. The Morgan fingerprint density at radius 2 is 0.818 bits per heavy atom. The maximum Gasteiger partial charge on any atom is 0.339 e. The molecule has 5 aliphatic heterocycles. The van der Waals surface area contributed by atoms with Crippen LogP contribution < -0.4 is 42.5 Å². The van der Waals surface area contributed by atoms with E-state index < -0.39 is 0 Å². The summed E-state index contributed by atoms with van der Waals surface area (Å²) in [6, 6.07) is 14.2. The minimum absolute atomic E-state index is 0. The molecule has 2 aromatic rings. The van der Waals surface area contributed by atoms with E-state index in [2.05, 4.69) is 60.7 Å². The summed E-state index contributed by atoms with van der Waals surface area (Å²) in [6.07, 6.45) is 20.7. The molecule has 12 heteroatoms. The van der Waals surface area contributed by atoms with Crippen LogP contribution in [0.25, 0.3) is 10.8 Å². The molecule has 0 amide bonds. The Hall–Kier alpha value is -1.11. The molecule has 9 fully saturated rings. The molecule has 8 N–H and O–H groups in total. The van der Waals surface area contributed by atoms with Crippen LogP contribution in [0.5, 0.6) is 0 Å². The molecular formula is C43H62Cu2N8O2. The van der Waals surface area contributed by atoms with Crippen molar-refractivity contribution in [3.8, 4) is 0 Å². The van der Waals surface area contributed by atoms with Crippen molar-refractivity contribution in [3.05, 3.63) is 48.0 Å². The third-order valence-electron chi connectivity index (χ3n) is 16.1. The van der Waals surface area contributed by atoms with E-state index in [9.17, 15) is 4.79 Å². The topological polar surface area (TPSA) is 123 Å². The zero-order valence-electron chi connectivity index (χ0n) is 31.9. The molecule has 9 aliphatic rings. The zero-order valence-corrected chi connectivity index (χ0v) is 33.8. The van der Waals surface area contributed by atoms with Crippen LogP contribution in [0.2, 0.25) is 0 Å². The van der Waals surface area contributed by atoms with Gasteiger partial charge >= 0.3 is 5.97 Å². The summed E-state index contributed by atoms with van der Waals surface area (Å²) in [7, 11) is 0. The van der Waals surface area contributed by atoms with E-state index in [4.69, 9.17) is 4.74 Å². The first-order valence-electron chi connectivity index (χ1n) is 21.9.